The van der Waals surface area contributed by atoms with Crippen molar-refractivity contribution in [3.05, 3.63) is 88.2 Å². The fourth-order valence-electron chi connectivity index (χ4n) is 4.70. The molecule has 1 radical (unpaired) electrons. The zero-order valence-corrected chi connectivity index (χ0v) is 27.5. The van der Waals surface area contributed by atoms with E-state index in [1.165, 1.54) is 11.6 Å². The van der Waals surface area contributed by atoms with Gasteiger partial charge in [0, 0.05) is 55.6 Å². The first-order valence-electron chi connectivity index (χ1n) is 13.9. The molecule has 6 heteroatoms. The van der Waals surface area contributed by atoms with Crippen LogP contribution in [0.4, 0.5) is 5.69 Å². The number of hydrogen-bond donors (Lipinski definition) is 1. The summed E-state index contributed by atoms with van der Waals surface area (Å²) in [5.74, 6) is 0.547. The molecule has 0 aliphatic rings. The number of rotatable bonds is 9. The molecule has 0 amide bonds. The Hall–Kier alpha value is -3.13. The Balaban J connectivity index is 0.000000437. The van der Waals surface area contributed by atoms with Crippen LogP contribution in [0, 0.1) is 52.2 Å². The monoisotopic (exact) mass is 717 g/mol. The minimum absolute atomic E-state index is 0. The van der Waals surface area contributed by atoms with E-state index < -0.39 is 0 Å². The third-order valence-corrected chi connectivity index (χ3v) is 7.13. The maximum Gasteiger partial charge on any atom is 0.190 e. The van der Waals surface area contributed by atoms with E-state index in [4.69, 9.17) is 11.6 Å². The van der Waals surface area contributed by atoms with Gasteiger partial charge in [0.05, 0.1) is 18.0 Å². The molecular formula is C34H42IrN3O2-. The largest absolute Gasteiger partial charge is 0.512 e. The number of aryl methyl sites for hydroxylation is 3. The van der Waals surface area contributed by atoms with Crippen LogP contribution in [0.3, 0.4) is 0 Å². The maximum absolute atomic E-state index is 11.7. The summed E-state index contributed by atoms with van der Waals surface area (Å²) in [7, 11) is 0. The van der Waals surface area contributed by atoms with Crippen LogP contribution in [-0.4, -0.2) is 20.9 Å². The van der Waals surface area contributed by atoms with Crippen LogP contribution >= 0.6 is 0 Å². The van der Waals surface area contributed by atoms with Crippen molar-refractivity contribution in [3.63, 3.8) is 0 Å². The van der Waals surface area contributed by atoms with Crippen LogP contribution in [-0.2, 0) is 24.9 Å². The molecule has 1 heterocycles. The van der Waals surface area contributed by atoms with Gasteiger partial charge in [-0.1, -0.05) is 59.7 Å². The van der Waals surface area contributed by atoms with Gasteiger partial charge in [0.25, 0.3) is 0 Å². The van der Waals surface area contributed by atoms with E-state index in [1.54, 1.807) is 6.20 Å². The molecule has 1 aromatic heterocycles. The van der Waals surface area contributed by atoms with E-state index in [1.807, 2.05) is 66.7 Å². The number of benzene rings is 2. The number of aromatic nitrogens is 2. The van der Waals surface area contributed by atoms with Crippen molar-refractivity contribution in [1.29, 1.82) is 0 Å². The number of aliphatic hydroxyl groups excluding tert-OH is 1. The molecule has 0 saturated carbocycles. The van der Waals surface area contributed by atoms with Crippen LogP contribution in [0.5, 0.6) is 0 Å². The van der Waals surface area contributed by atoms with Crippen LogP contribution in [0.2, 0.25) is 0 Å². The molecule has 1 N–H and O–H groups in total. The first-order chi connectivity index (χ1) is 18.6. The van der Waals surface area contributed by atoms with Crippen LogP contribution in [0.25, 0.3) is 27.4 Å². The first-order valence-corrected chi connectivity index (χ1v) is 13.9. The van der Waals surface area contributed by atoms with Crippen LogP contribution < -0.4 is 0 Å². The van der Waals surface area contributed by atoms with Crippen molar-refractivity contribution in [3.8, 4) is 22.5 Å². The second-order valence-corrected chi connectivity index (χ2v) is 10.0. The van der Waals surface area contributed by atoms with Crippen molar-refractivity contribution in [2.24, 2.45) is 11.8 Å². The summed E-state index contributed by atoms with van der Waals surface area (Å²) >= 11 is 0. The number of ketones is 1. The second kappa shape index (κ2) is 16.9. The molecule has 0 bridgehead atoms. The second-order valence-electron chi connectivity index (χ2n) is 10.0. The summed E-state index contributed by atoms with van der Waals surface area (Å²) in [5.41, 5.74) is 8.30. The van der Waals surface area contributed by atoms with Gasteiger partial charge in [0.15, 0.2) is 11.5 Å². The topological polar surface area (TPSA) is 67.4 Å². The molecule has 0 atom stereocenters. The van der Waals surface area contributed by atoms with Gasteiger partial charge in [0.2, 0.25) is 0 Å². The van der Waals surface area contributed by atoms with Crippen LogP contribution in [0.1, 0.15) is 75.8 Å². The summed E-state index contributed by atoms with van der Waals surface area (Å²) < 4.78 is 0. The zero-order valence-electron chi connectivity index (χ0n) is 25.1. The summed E-state index contributed by atoms with van der Waals surface area (Å²) in [6.07, 6.45) is 6.69. The Morgan fingerprint density at radius 1 is 1.02 bits per heavy atom. The van der Waals surface area contributed by atoms with Crippen molar-refractivity contribution < 1.29 is 30.0 Å². The van der Waals surface area contributed by atoms with E-state index in [0.29, 0.717) is 5.69 Å². The summed E-state index contributed by atoms with van der Waals surface area (Å²) in [5, 5.41) is 9.76. The minimum Gasteiger partial charge on any atom is -0.512 e. The Bertz CT molecular complexity index is 1330. The van der Waals surface area contributed by atoms with Crippen LogP contribution in [0.15, 0.2) is 48.4 Å². The number of hydrogen-bond acceptors (Lipinski definition) is 4. The third-order valence-electron chi connectivity index (χ3n) is 7.13. The van der Waals surface area contributed by atoms with Gasteiger partial charge in [-0.25, -0.2) is 4.85 Å². The Morgan fingerprint density at radius 2 is 1.65 bits per heavy atom. The third kappa shape index (κ3) is 9.22. The summed E-state index contributed by atoms with van der Waals surface area (Å²) in [4.78, 5) is 24.6. The predicted molar refractivity (Wildman–Crippen MR) is 161 cm³/mol. The van der Waals surface area contributed by atoms with E-state index in [2.05, 4.69) is 35.0 Å². The molecule has 0 aliphatic heterocycles. The molecule has 5 nitrogen and oxygen atoms in total. The fraction of sp³-hybridized carbons (Fsp3) is 0.412. The molecule has 0 spiro atoms. The van der Waals surface area contributed by atoms with Gasteiger partial charge < -0.3 is 10.1 Å². The Kier molecular flexibility index (Phi) is 14.7. The van der Waals surface area contributed by atoms with Crippen molar-refractivity contribution >= 4 is 11.5 Å². The maximum atomic E-state index is 11.7. The molecule has 3 aromatic rings. The van der Waals surface area contributed by atoms with Gasteiger partial charge in [-0.15, -0.1) is 34.9 Å². The van der Waals surface area contributed by atoms with Gasteiger partial charge in [-0.2, -0.15) is 0 Å². The number of carbonyl (C=O) groups excluding carboxylic acids is 1. The number of aliphatic hydroxyl groups is 1. The average molecular weight is 717 g/mol. The molecule has 0 unspecified atom stereocenters. The van der Waals surface area contributed by atoms with E-state index in [0.717, 1.165) is 65.0 Å². The molecule has 0 fully saturated rings. The molecule has 215 valence electrons. The number of nitrogens with zero attached hydrogens (tertiary/aromatic N) is 3. The normalized spacial score (nSPS) is 11.0. The SMILES string of the molecule is CCC(CC)C(=O)/C=C(\O)C(CC)CC.[C-]#[N+]c1cccc(-c2cnc(-c3[c-]c(C)cc(C)c3)c(C)n2)c1C.[Ir]. The van der Waals surface area contributed by atoms with E-state index in [9.17, 15) is 9.90 Å². The predicted octanol–water partition coefficient (Wildman–Crippen LogP) is 9.26. The quantitative estimate of drug-likeness (QED) is 0.136. The van der Waals surface area contributed by atoms with E-state index >= 15 is 0 Å². The fourth-order valence-corrected chi connectivity index (χ4v) is 4.70. The van der Waals surface area contributed by atoms with Gasteiger partial charge in [-0.3, -0.25) is 9.78 Å². The molecule has 0 aliphatic carbocycles. The molecule has 0 saturated heterocycles. The first kappa shape index (κ1) is 34.9. The van der Waals surface area contributed by atoms with E-state index in [-0.39, 0.29) is 43.5 Å². The minimum atomic E-state index is 0. The smallest absolute Gasteiger partial charge is 0.190 e. The molecular weight excluding hydrogens is 675 g/mol. The van der Waals surface area contributed by atoms with Gasteiger partial charge in [0.1, 0.15) is 0 Å². The average Bonchev–Trinajstić information content (AvgIpc) is 2.90. The Morgan fingerprint density at radius 3 is 2.17 bits per heavy atom. The van der Waals surface area contributed by atoms with Gasteiger partial charge in [-0.05, 0) is 50.7 Å². The molecule has 2 aromatic carbocycles. The standard InChI is InChI=1S/C21H18N3.C13H24O2.Ir/c1-13-9-14(2)11-17(10-13)21-16(4)24-20(12-23-21)18-7-6-8-19(22-5)15(18)3;1-5-10(6-2)12(14)9-13(15)11(7-3)8-4;/h6-10,12H,1-4H3;9-11,14H,5-8H2,1-4H3;/q-1;;/b;12-9-;. The summed E-state index contributed by atoms with van der Waals surface area (Å²) in [6.45, 7) is 23.3. The van der Waals surface area contributed by atoms with Crippen molar-refractivity contribution in [2.75, 3.05) is 0 Å². The molecule has 40 heavy (non-hydrogen) atoms. The number of carbonyl (C=O) groups is 1. The Labute approximate surface area is 254 Å². The number of allylic oxidation sites excluding steroid dienone is 2. The summed E-state index contributed by atoms with van der Waals surface area (Å²) in [6, 6.07) is 13.2. The zero-order chi connectivity index (χ0) is 29.1. The van der Waals surface area contributed by atoms with Gasteiger partial charge >= 0.3 is 0 Å². The van der Waals surface area contributed by atoms with Crippen molar-refractivity contribution in [2.45, 2.75) is 81.1 Å². The molecule has 3 rings (SSSR count). The van der Waals surface area contributed by atoms with Crippen molar-refractivity contribution in [1.82, 2.24) is 9.97 Å².